The highest BCUT2D eigenvalue weighted by molar-refractivity contribution is 5.93. The van der Waals surface area contributed by atoms with Gasteiger partial charge in [0.05, 0.1) is 10.9 Å². The van der Waals surface area contributed by atoms with Crippen molar-refractivity contribution >= 4 is 22.5 Å². The molecule has 1 N–H and O–H groups in total. The topological polar surface area (TPSA) is 64.1 Å². The number of anilines is 1. The Hall–Kier alpha value is -3.73. The summed E-state index contributed by atoms with van der Waals surface area (Å²) in [5.74, 6) is 0.168. The summed E-state index contributed by atoms with van der Waals surface area (Å²) in [6.07, 6.45) is 2.18. The van der Waals surface area contributed by atoms with Crippen LogP contribution in [-0.2, 0) is 11.2 Å². The molecule has 0 aliphatic rings. The van der Waals surface area contributed by atoms with Crippen molar-refractivity contribution in [1.29, 1.82) is 0 Å². The van der Waals surface area contributed by atoms with Crippen LogP contribution in [0.1, 0.15) is 11.1 Å². The molecule has 0 fully saturated rings. The van der Waals surface area contributed by atoms with Crippen LogP contribution in [0, 0.1) is 0 Å². The summed E-state index contributed by atoms with van der Waals surface area (Å²) < 4.78 is 5.65. The molecular formula is C23H19N3O2. The highest BCUT2D eigenvalue weighted by Crippen LogP contribution is 2.21. The zero-order chi connectivity index (χ0) is 19.2. The van der Waals surface area contributed by atoms with Crippen LogP contribution < -0.4 is 10.1 Å². The maximum absolute atomic E-state index is 12.4. The lowest BCUT2D eigenvalue weighted by Gasteiger charge is -2.12. The van der Waals surface area contributed by atoms with Gasteiger partial charge >= 0.3 is 0 Å². The summed E-state index contributed by atoms with van der Waals surface area (Å²) in [4.78, 5) is 20.8. The summed E-state index contributed by atoms with van der Waals surface area (Å²) in [7, 11) is 0. The van der Waals surface area contributed by atoms with E-state index in [0.717, 1.165) is 28.6 Å². The Morgan fingerprint density at radius 1 is 0.857 bits per heavy atom. The molecule has 0 aliphatic heterocycles. The molecule has 0 spiro atoms. The van der Waals surface area contributed by atoms with Gasteiger partial charge in [-0.2, -0.15) is 0 Å². The fraction of sp³-hybridized carbons (Fsp3) is 0.0870. The van der Waals surface area contributed by atoms with E-state index in [-0.39, 0.29) is 12.5 Å². The first kappa shape index (κ1) is 17.7. The number of aromatic nitrogens is 2. The highest BCUT2D eigenvalue weighted by Gasteiger charge is 2.10. The summed E-state index contributed by atoms with van der Waals surface area (Å²) in [6.45, 7) is -0.124. The molecule has 1 aromatic heterocycles. The second-order valence-corrected chi connectivity index (χ2v) is 6.35. The van der Waals surface area contributed by atoms with Crippen LogP contribution >= 0.6 is 0 Å². The van der Waals surface area contributed by atoms with E-state index in [9.17, 15) is 4.79 Å². The van der Waals surface area contributed by atoms with E-state index in [1.807, 2.05) is 66.7 Å². The summed E-state index contributed by atoms with van der Waals surface area (Å²) >= 11 is 0. The van der Waals surface area contributed by atoms with Crippen LogP contribution in [0.3, 0.4) is 0 Å². The quantitative estimate of drug-likeness (QED) is 0.552. The third kappa shape index (κ3) is 4.15. The van der Waals surface area contributed by atoms with Crippen LogP contribution in [0.2, 0.25) is 0 Å². The Labute approximate surface area is 163 Å². The summed E-state index contributed by atoms with van der Waals surface area (Å²) in [5.41, 5.74) is 3.80. The van der Waals surface area contributed by atoms with E-state index in [4.69, 9.17) is 4.74 Å². The first-order valence-corrected chi connectivity index (χ1v) is 9.04. The molecule has 0 saturated heterocycles. The second kappa shape index (κ2) is 8.31. The molecule has 0 radical (unpaired) electrons. The fourth-order valence-electron chi connectivity index (χ4n) is 3.03. The lowest BCUT2D eigenvalue weighted by Crippen LogP contribution is -2.21. The Kier molecular flexibility index (Phi) is 5.24. The average molecular weight is 369 g/mol. The average Bonchev–Trinajstić information content (AvgIpc) is 2.74. The number of rotatable bonds is 6. The predicted octanol–water partition coefficient (Wildman–Crippen LogP) is 4.24. The number of carbonyl (C=O) groups excluding carboxylic acids is 1. The van der Waals surface area contributed by atoms with Gasteiger partial charge in [0, 0.05) is 5.69 Å². The molecule has 1 heterocycles. The third-order valence-electron chi connectivity index (χ3n) is 4.38. The molecule has 0 bridgehead atoms. The minimum atomic E-state index is -0.233. The molecule has 1 amide bonds. The number of nitrogens with zero attached hydrogens (tertiary/aromatic N) is 2. The van der Waals surface area contributed by atoms with Crippen molar-refractivity contribution in [3.05, 3.63) is 96.3 Å². The number of ether oxygens (including phenoxy) is 1. The fourth-order valence-corrected chi connectivity index (χ4v) is 3.03. The second-order valence-electron chi connectivity index (χ2n) is 6.35. The van der Waals surface area contributed by atoms with Crippen molar-refractivity contribution in [2.24, 2.45) is 0 Å². The first-order chi connectivity index (χ1) is 13.8. The first-order valence-electron chi connectivity index (χ1n) is 9.04. The van der Waals surface area contributed by atoms with Crippen LogP contribution in [-0.4, -0.2) is 22.5 Å². The van der Waals surface area contributed by atoms with Crippen molar-refractivity contribution in [2.45, 2.75) is 6.42 Å². The van der Waals surface area contributed by atoms with E-state index in [1.54, 1.807) is 0 Å². The zero-order valence-electron chi connectivity index (χ0n) is 15.2. The summed E-state index contributed by atoms with van der Waals surface area (Å²) in [6, 6.07) is 25.5. The van der Waals surface area contributed by atoms with Gasteiger partial charge in [0.25, 0.3) is 5.91 Å². The zero-order valence-corrected chi connectivity index (χ0v) is 15.2. The molecule has 0 unspecified atom stereocenters. The minimum absolute atomic E-state index is 0.124. The number of hydrogen-bond donors (Lipinski definition) is 1. The highest BCUT2D eigenvalue weighted by atomic mass is 16.5. The molecule has 4 aromatic rings. The van der Waals surface area contributed by atoms with Crippen LogP contribution in [0.4, 0.5) is 5.69 Å². The smallest absolute Gasteiger partial charge is 0.262 e. The number of amides is 1. The van der Waals surface area contributed by atoms with Gasteiger partial charge in [-0.15, -0.1) is 0 Å². The monoisotopic (exact) mass is 369 g/mol. The van der Waals surface area contributed by atoms with Gasteiger partial charge < -0.3 is 10.1 Å². The Morgan fingerprint density at radius 2 is 1.61 bits per heavy atom. The lowest BCUT2D eigenvalue weighted by molar-refractivity contribution is -0.118. The van der Waals surface area contributed by atoms with Crippen molar-refractivity contribution in [2.75, 3.05) is 11.9 Å². The summed E-state index contributed by atoms with van der Waals surface area (Å²) in [5, 5.41) is 3.72. The van der Waals surface area contributed by atoms with Gasteiger partial charge in [0.2, 0.25) is 5.88 Å². The number of benzene rings is 3. The van der Waals surface area contributed by atoms with Gasteiger partial charge in [-0.3, -0.25) is 4.79 Å². The SMILES string of the molecule is O=C(COc1ncnc2ccccc12)Nc1ccccc1Cc1ccccc1. The van der Waals surface area contributed by atoms with Crippen molar-refractivity contribution in [3.8, 4) is 5.88 Å². The van der Waals surface area contributed by atoms with Gasteiger partial charge in [0.1, 0.15) is 6.33 Å². The molecule has 138 valence electrons. The van der Waals surface area contributed by atoms with E-state index < -0.39 is 0 Å². The maximum atomic E-state index is 12.4. The minimum Gasteiger partial charge on any atom is -0.467 e. The van der Waals surface area contributed by atoms with E-state index in [2.05, 4.69) is 27.4 Å². The molecule has 5 nitrogen and oxygen atoms in total. The van der Waals surface area contributed by atoms with E-state index in [1.165, 1.54) is 11.9 Å². The molecule has 0 atom stereocenters. The number of carbonyl (C=O) groups is 1. The standard InChI is InChI=1S/C23H19N3O2/c27-22(15-28-23-19-11-5-7-13-21(19)24-16-25-23)26-20-12-6-4-10-18(20)14-17-8-2-1-3-9-17/h1-13,16H,14-15H2,(H,26,27). The van der Waals surface area contributed by atoms with E-state index >= 15 is 0 Å². The van der Waals surface area contributed by atoms with Gasteiger partial charge in [-0.05, 0) is 35.7 Å². The van der Waals surface area contributed by atoms with Crippen LogP contribution in [0.15, 0.2) is 85.2 Å². The molecular weight excluding hydrogens is 350 g/mol. The number of hydrogen-bond acceptors (Lipinski definition) is 4. The van der Waals surface area contributed by atoms with Crippen LogP contribution in [0.25, 0.3) is 10.9 Å². The van der Waals surface area contributed by atoms with E-state index in [0.29, 0.717) is 5.88 Å². The van der Waals surface area contributed by atoms with Crippen LogP contribution in [0.5, 0.6) is 5.88 Å². The van der Waals surface area contributed by atoms with Gasteiger partial charge in [0.15, 0.2) is 6.61 Å². The predicted molar refractivity (Wildman–Crippen MR) is 109 cm³/mol. The largest absolute Gasteiger partial charge is 0.467 e. The van der Waals surface area contributed by atoms with Gasteiger partial charge in [-0.1, -0.05) is 60.7 Å². The number of fused-ring (bicyclic) bond motifs is 1. The normalized spacial score (nSPS) is 10.6. The number of para-hydroxylation sites is 2. The van der Waals surface area contributed by atoms with Crippen molar-refractivity contribution < 1.29 is 9.53 Å². The number of nitrogens with one attached hydrogen (secondary N) is 1. The lowest BCUT2D eigenvalue weighted by atomic mass is 10.0. The maximum Gasteiger partial charge on any atom is 0.262 e. The molecule has 0 aliphatic carbocycles. The Morgan fingerprint density at radius 3 is 2.50 bits per heavy atom. The molecule has 5 heteroatoms. The molecule has 0 saturated carbocycles. The van der Waals surface area contributed by atoms with Crippen molar-refractivity contribution in [3.63, 3.8) is 0 Å². The molecule has 28 heavy (non-hydrogen) atoms. The molecule has 4 rings (SSSR count). The Balaban J connectivity index is 1.44. The van der Waals surface area contributed by atoms with Gasteiger partial charge in [-0.25, -0.2) is 9.97 Å². The molecule has 3 aromatic carbocycles. The Bertz CT molecular complexity index is 1090. The third-order valence-corrected chi connectivity index (χ3v) is 4.38. The van der Waals surface area contributed by atoms with Crippen molar-refractivity contribution in [1.82, 2.24) is 9.97 Å².